The Morgan fingerprint density at radius 2 is 1.15 bits per heavy atom. The van der Waals surface area contributed by atoms with Crippen LogP contribution in [0.15, 0.2) is 24.3 Å². The number of hydrogen-bond donors (Lipinski definition) is 1. The molecular weight excluding hydrogens is 629 g/mol. The normalized spacial score (nSPS) is 14.0. The maximum Gasteiger partial charge on any atom is 0.472 e. The van der Waals surface area contributed by atoms with Gasteiger partial charge in [0.1, 0.15) is 19.8 Å². The van der Waals surface area contributed by atoms with E-state index < -0.39 is 32.5 Å². The quantitative estimate of drug-likeness (QED) is 0.0232. The Morgan fingerprint density at radius 3 is 1.71 bits per heavy atom. The number of likely N-dealkylation sites (N-methyl/N-ethyl adjacent to an activating group) is 1. The van der Waals surface area contributed by atoms with Crippen molar-refractivity contribution in [3.63, 3.8) is 0 Å². The average Bonchev–Trinajstić information content (AvgIpc) is 3.02. The summed E-state index contributed by atoms with van der Waals surface area (Å²) in [5.41, 5.74) is 0. The van der Waals surface area contributed by atoms with Crippen LogP contribution in [0.2, 0.25) is 0 Å². The van der Waals surface area contributed by atoms with Crippen molar-refractivity contribution in [2.75, 3.05) is 47.5 Å². The number of hydrogen-bond acceptors (Lipinski definition) is 7. The van der Waals surface area contributed by atoms with E-state index in [4.69, 9.17) is 18.5 Å². The van der Waals surface area contributed by atoms with Crippen molar-refractivity contribution in [2.45, 2.75) is 161 Å². The van der Waals surface area contributed by atoms with E-state index in [2.05, 4.69) is 38.2 Å². The molecule has 282 valence electrons. The summed E-state index contributed by atoms with van der Waals surface area (Å²) >= 11 is 0. The summed E-state index contributed by atoms with van der Waals surface area (Å²) in [6.07, 6.45) is 31.1. The van der Waals surface area contributed by atoms with E-state index in [0.29, 0.717) is 23.9 Å². The van der Waals surface area contributed by atoms with E-state index >= 15 is 0 Å². The van der Waals surface area contributed by atoms with Crippen LogP contribution in [0, 0.1) is 0 Å². The predicted octanol–water partition coefficient (Wildman–Crippen LogP) is 10.0. The fraction of sp³-hybridized carbons (Fsp3) is 0.842. The lowest BCUT2D eigenvalue weighted by molar-refractivity contribution is -0.870. The number of nitrogens with zero attached hydrogens (tertiary/aromatic N) is 1. The van der Waals surface area contributed by atoms with Crippen molar-refractivity contribution < 1.29 is 42.1 Å². The molecule has 0 heterocycles. The first-order valence-corrected chi connectivity index (χ1v) is 20.6. The van der Waals surface area contributed by atoms with Crippen LogP contribution in [0.3, 0.4) is 0 Å². The van der Waals surface area contributed by atoms with Gasteiger partial charge in [-0.05, 0) is 38.5 Å². The monoisotopic (exact) mass is 703 g/mol. The molecule has 1 N–H and O–H groups in total. The smallest absolute Gasteiger partial charge is 0.462 e. The number of esters is 2. The third kappa shape index (κ3) is 34.4. The second-order valence-corrected chi connectivity index (χ2v) is 15.4. The van der Waals surface area contributed by atoms with E-state index in [1.165, 1.54) is 77.0 Å². The Balaban J connectivity index is 4.39. The molecule has 9 nitrogen and oxygen atoms in total. The van der Waals surface area contributed by atoms with E-state index in [1.807, 2.05) is 21.1 Å². The minimum Gasteiger partial charge on any atom is -0.462 e. The van der Waals surface area contributed by atoms with Gasteiger partial charge in [-0.1, -0.05) is 128 Å². The summed E-state index contributed by atoms with van der Waals surface area (Å²) in [4.78, 5) is 35.0. The summed E-state index contributed by atoms with van der Waals surface area (Å²) in [5.74, 6) is -0.858. The van der Waals surface area contributed by atoms with Crippen molar-refractivity contribution in [2.24, 2.45) is 0 Å². The molecular formula is C38H73NO8P+. The SMILES string of the molecule is CCCCCCCCCCC/C=C/C/C=C/CCCC(=O)OC[C@@H](COP(=O)(O)OCC[N+](C)(C)C)OC(=O)CCCCCCCCC. The second-order valence-electron chi connectivity index (χ2n) is 14.0. The number of phosphoric ester groups is 1. The Bertz CT molecular complexity index is 886. The van der Waals surface area contributed by atoms with Gasteiger partial charge in [-0.2, -0.15) is 0 Å². The summed E-state index contributed by atoms with van der Waals surface area (Å²) in [6.45, 7) is 4.31. The van der Waals surface area contributed by atoms with Crippen molar-refractivity contribution >= 4 is 19.8 Å². The molecule has 0 aromatic heterocycles. The molecule has 0 aliphatic heterocycles. The molecule has 0 aliphatic rings. The largest absolute Gasteiger partial charge is 0.472 e. The lowest BCUT2D eigenvalue weighted by Crippen LogP contribution is -2.37. The van der Waals surface area contributed by atoms with Gasteiger partial charge in [0.2, 0.25) is 0 Å². The van der Waals surface area contributed by atoms with Crippen LogP contribution in [-0.4, -0.2) is 74.9 Å². The van der Waals surface area contributed by atoms with Gasteiger partial charge < -0.3 is 18.9 Å². The number of phosphoric acid groups is 1. The average molecular weight is 703 g/mol. The lowest BCUT2D eigenvalue weighted by atomic mass is 10.1. The molecule has 0 bridgehead atoms. The first kappa shape index (κ1) is 46.5. The zero-order chi connectivity index (χ0) is 35.8. The third-order valence-electron chi connectivity index (χ3n) is 7.98. The van der Waals surface area contributed by atoms with Crippen LogP contribution >= 0.6 is 7.82 Å². The van der Waals surface area contributed by atoms with Crippen LogP contribution in [0.4, 0.5) is 0 Å². The molecule has 0 aromatic carbocycles. The van der Waals surface area contributed by atoms with Crippen LogP contribution < -0.4 is 0 Å². The predicted molar refractivity (Wildman–Crippen MR) is 197 cm³/mol. The lowest BCUT2D eigenvalue weighted by Gasteiger charge is -2.24. The Morgan fingerprint density at radius 1 is 0.646 bits per heavy atom. The number of carbonyl (C=O) groups is 2. The highest BCUT2D eigenvalue weighted by Gasteiger charge is 2.27. The third-order valence-corrected chi connectivity index (χ3v) is 8.97. The van der Waals surface area contributed by atoms with Gasteiger partial charge in [0.25, 0.3) is 0 Å². The molecule has 0 rings (SSSR count). The van der Waals surface area contributed by atoms with Gasteiger partial charge in [-0.3, -0.25) is 18.6 Å². The van der Waals surface area contributed by atoms with Crippen molar-refractivity contribution in [3.05, 3.63) is 24.3 Å². The van der Waals surface area contributed by atoms with Gasteiger partial charge in [-0.25, -0.2) is 4.57 Å². The first-order chi connectivity index (χ1) is 23.0. The summed E-state index contributed by atoms with van der Waals surface area (Å²) in [7, 11) is 1.46. The minimum absolute atomic E-state index is 0.0269. The Hall–Kier alpha value is -1.51. The van der Waals surface area contributed by atoms with Gasteiger partial charge in [0.05, 0.1) is 27.7 Å². The van der Waals surface area contributed by atoms with Crippen molar-refractivity contribution in [1.82, 2.24) is 0 Å². The highest BCUT2D eigenvalue weighted by atomic mass is 31.2. The Kier molecular flexibility index (Phi) is 30.5. The van der Waals surface area contributed by atoms with Gasteiger partial charge in [0, 0.05) is 12.8 Å². The Labute approximate surface area is 294 Å². The molecule has 0 aliphatic carbocycles. The van der Waals surface area contributed by atoms with E-state index in [0.717, 1.165) is 38.5 Å². The maximum atomic E-state index is 12.5. The highest BCUT2D eigenvalue weighted by Crippen LogP contribution is 2.43. The van der Waals surface area contributed by atoms with Crippen LogP contribution in [0.5, 0.6) is 0 Å². The maximum absolute atomic E-state index is 12.5. The van der Waals surface area contributed by atoms with E-state index in [9.17, 15) is 19.0 Å². The zero-order valence-electron chi connectivity index (χ0n) is 31.5. The molecule has 0 spiro atoms. The number of quaternary nitrogens is 1. The van der Waals surface area contributed by atoms with E-state index in [1.54, 1.807) is 0 Å². The molecule has 0 amide bonds. The molecule has 1 unspecified atom stereocenters. The molecule has 0 aromatic rings. The molecule has 0 saturated carbocycles. The fourth-order valence-corrected chi connectivity index (χ4v) is 5.68. The topological polar surface area (TPSA) is 108 Å². The van der Waals surface area contributed by atoms with Gasteiger partial charge in [-0.15, -0.1) is 0 Å². The van der Waals surface area contributed by atoms with Crippen LogP contribution in [0.1, 0.15) is 155 Å². The zero-order valence-corrected chi connectivity index (χ0v) is 32.4. The first-order valence-electron chi connectivity index (χ1n) is 19.1. The number of allylic oxidation sites excluding steroid dienone is 4. The number of rotatable bonds is 34. The molecule has 48 heavy (non-hydrogen) atoms. The van der Waals surface area contributed by atoms with Gasteiger partial charge >= 0.3 is 19.8 Å². The fourth-order valence-electron chi connectivity index (χ4n) is 4.93. The molecule has 0 saturated heterocycles. The summed E-state index contributed by atoms with van der Waals surface area (Å²) in [5, 5.41) is 0. The molecule has 10 heteroatoms. The van der Waals surface area contributed by atoms with Crippen LogP contribution in [0.25, 0.3) is 0 Å². The summed E-state index contributed by atoms with van der Waals surface area (Å²) < 4.78 is 34.0. The van der Waals surface area contributed by atoms with E-state index in [-0.39, 0.29) is 26.1 Å². The minimum atomic E-state index is -4.37. The standard InChI is InChI=1S/C38H72NO8P/c1-6-8-10-12-14-15-16-17-18-19-20-21-22-23-25-26-28-30-37(40)44-34-36(35-46-48(42,43)45-33-32-39(3,4)5)47-38(41)31-29-27-24-13-11-9-7-2/h20-21,23,25,36H,6-19,22,24,26-35H2,1-5H3/p+1/b21-20+,25-23+/t36-/m0/s1. The molecule has 2 atom stereocenters. The highest BCUT2D eigenvalue weighted by molar-refractivity contribution is 7.47. The number of ether oxygens (including phenoxy) is 2. The molecule has 0 radical (unpaired) electrons. The number of unbranched alkanes of at least 4 members (excludes halogenated alkanes) is 16. The number of carbonyl (C=O) groups excluding carboxylic acids is 2. The van der Waals surface area contributed by atoms with Crippen molar-refractivity contribution in [1.29, 1.82) is 0 Å². The molecule has 0 fully saturated rings. The van der Waals surface area contributed by atoms with Crippen molar-refractivity contribution in [3.8, 4) is 0 Å². The summed E-state index contributed by atoms with van der Waals surface area (Å²) in [6, 6.07) is 0. The second kappa shape index (κ2) is 31.5. The van der Waals surface area contributed by atoms with Gasteiger partial charge in [0.15, 0.2) is 6.10 Å². The van der Waals surface area contributed by atoms with Crippen LogP contribution in [-0.2, 0) is 32.7 Å².